The van der Waals surface area contributed by atoms with E-state index in [1.807, 2.05) is 36.4 Å². The van der Waals surface area contributed by atoms with Crippen molar-refractivity contribution >= 4 is 119 Å². The molecule has 0 atom stereocenters. The Hall–Kier alpha value is -2.78. The van der Waals surface area contributed by atoms with Gasteiger partial charge in [0.25, 0.3) is 0 Å². The van der Waals surface area contributed by atoms with Crippen LogP contribution < -0.4 is 4.74 Å². The minimum atomic E-state index is -1.14. The first-order valence-electron chi connectivity index (χ1n) is 15.1. The molecule has 234 valence electrons. The number of carbonyl (C=O) groups is 2. The molecule has 0 amide bonds. The Labute approximate surface area is 301 Å². The Morgan fingerprint density at radius 2 is 0.978 bits per heavy atom. The lowest BCUT2D eigenvalue weighted by Crippen LogP contribution is -2.13. The van der Waals surface area contributed by atoms with Crippen LogP contribution in [0.1, 0.15) is 43.0 Å². The van der Waals surface area contributed by atoms with Crippen molar-refractivity contribution in [3.8, 4) is 5.75 Å². The molecule has 6 aromatic rings. The molecule has 6 rings (SSSR count). The van der Waals surface area contributed by atoms with Gasteiger partial charge in [-0.05, 0) is 104 Å². The predicted molar refractivity (Wildman–Crippen MR) is 205 cm³/mol. The molecular formula is C38H30Br4O4. The third-order valence-electron chi connectivity index (χ3n) is 8.65. The average Bonchev–Trinajstić information content (AvgIpc) is 3.07. The second kappa shape index (κ2) is 14.5. The van der Waals surface area contributed by atoms with Crippen molar-refractivity contribution in [2.24, 2.45) is 0 Å². The largest absolute Gasteiger partial charge is 0.478 e. The molecular weight excluding hydrogens is 840 g/mol. The van der Waals surface area contributed by atoms with Crippen LogP contribution in [0.15, 0.2) is 78.9 Å². The van der Waals surface area contributed by atoms with E-state index in [0.29, 0.717) is 22.7 Å². The summed E-state index contributed by atoms with van der Waals surface area (Å²) in [6, 6.07) is 25.7. The summed E-state index contributed by atoms with van der Waals surface area (Å²) < 4.78 is 6.23. The van der Waals surface area contributed by atoms with Crippen LogP contribution in [-0.4, -0.2) is 38.4 Å². The molecule has 0 aliphatic rings. The number of aryl methyl sites for hydroxylation is 4. The van der Waals surface area contributed by atoms with Gasteiger partial charge < -0.3 is 9.84 Å². The topological polar surface area (TPSA) is 63.6 Å². The standard InChI is InChI=1S/C38H30Br4O4/c39-17-13-28-23-5-1-2-6-24(23)30(15-19-41)34-21-22(9-10-27(28)34)38(45)46-36-33(37(43)44)12-11-31-29(14-18-40)25-7-3-4-8-26(25)32(16-20-42)35(31)36/h1-12,21H,13-20H2,(H,43,44). The molecule has 0 saturated carbocycles. The highest BCUT2D eigenvalue weighted by Gasteiger charge is 2.25. The normalized spacial score (nSPS) is 11.6. The molecule has 0 bridgehead atoms. The Bertz CT molecular complexity index is 2140. The van der Waals surface area contributed by atoms with Gasteiger partial charge in [-0.15, -0.1) is 0 Å². The van der Waals surface area contributed by atoms with Crippen molar-refractivity contribution in [1.82, 2.24) is 0 Å². The molecule has 0 unspecified atom stereocenters. The molecule has 0 saturated heterocycles. The third-order valence-corrected chi connectivity index (χ3v) is 10.2. The number of halogens is 4. The number of aromatic carboxylic acids is 1. The first-order valence-corrected chi connectivity index (χ1v) is 19.6. The van der Waals surface area contributed by atoms with Crippen molar-refractivity contribution in [1.29, 1.82) is 0 Å². The Morgan fingerprint density at radius 3 is 1.50 bits per heavy atom. The zero-order chi connectivity index (χ0) is 32.4. The van der Waals surface area contributed by atoms with Crippen molar-refractivity contribution in [2.75, 3.05) is 21.3 Å². The zero-order valence-corrected chi connectivity index (χ0v) is 31.2. The SMILES string of the molecule is O=C(Oc1c(C(=O)O)ccc2c(CCBr)c3ccccc3c(CCBr)c12)c1ccc2c(CCBr)c3ccccc3c(CCBr)c2c1. The van der Waals surface area contributed by atoms with E-state index < -0.39 is 11.9 Å². The van der Waals surface area contributed by atoms with Gasteiger partial charge in [0, 0.05) is 26.7 Å². The van der Waals surface area contributed by atoms with Gasteiger partial charge in [-0.2, -0.15) is 0 Å². The molecule has 4 nitrogen and oxygen atoms in total. The summed E-state index contributed by atoms with van der Waals surface area (Å²) in [7, 11) is 0. The van der Waals surface area contributed by atoms with E-state index in [-0.39, 0.29) is 11.3 Å². The molecule has 1 N–H and O–H groups in total. The number of fused-ring (bicyclic) bond motifs is 4. The second-order valence-electron chi connectivity index (χ2n) is 11.1. The molecule has 0 aromatic heterocycles. The fourth-order valence-electron chi connectivity index (χ4n) is 6.78. The minimum Gasteiger partial charge on any atom is -0.478 e. The fourth-order valence-corrected chi connectivity index (χ4v) is 8.36. The van der Waals surface area contributed by atoms with Crippen LogP contribution in [0.2, 0.25) is 0 Å². The molecule has 0 aliphatic heterocycles. The van der Waals surface area contributed by atoms with Crippen LogP contribution in [0, 0.1) is 0 Å². The van der Waals surface area contributed by atoms with E-state index >= 15 is 0 Å². The molecule has 6 aromatic carbocycles. The van der Waals surface area contributed by atoms with Crippen molar-refractivity contribution in [2.45, 2.75) is 25.7 Å². The lowest BCUT2D eigenvalue weighted by atomic mass is 9.88. The molecule has 0 radical (unpaired) electrons. The van der Waals surface area contributed by atoms with Crippen molar-refractivity contribution in [3.05, 3.63) is 112 Å². The van der Waals surface area contributed by atoms with Gasteiger partial charge in [0.1, 0.15) is 5.56 Å². The number of esters is 1. The number of rotatable bonds is 11. The summed E-state index contributed by atoms with van der Waals surface area (Å²) in [6.45, 7) is 0. The van der Waals surface area contributed by atoms with Crippen LogP contribution in [-0.2, 0) is 25.7 Å². The molecule has 8 heteroatoms. The van der Waals surface area contributed by atoms with E-state index in [9.17, 15) is 14.7 Å². The van der Waals surface area contributed by atoms with Crippen LogP contribution >= 0.6 is 63.7 Å². The second-order valence-corrected chi connectivity index (χ2v) is 14.3. The van der Waals surface area contributed by atoms with Gasteiger partial charge in [0.15, 0.2) is 5.75 Å². The quantitative estimate of drug-likeness (QED) is 0.0610. The monoisotopic (exact) mass is 866 g/mol. The van der Waals surface area contributed by atoms with E-state index in [1.165, 1.54) is 16.3 Å². The Kier molecular flexibility index (Phi) is 10.5. The van der Waals surface area contributed by atoms with Crippen LogP contribution in [0.4, 0.5) is 0 Å². The van der Waals surface area contributed by atoms with Gasteiger partial charge in [0.05, 0.1) is 5.56 Å². The van der Waals surface area contributed by atoms with Crippen molar-refractivity contribution < 1.29 is 19.4 Å². The maximum Gasteiger partial charge on any atom is 0.343 e. The van der Waals surface area contributed by atoms with E-state index in [0.717, 1.165) is 78.9 Å². The average molecular weight is 870 g/mol. The van der Waals surface area contributed by atoms with Crippen LogP contribution in [0.5, 0.6) is 5.75 Å². The summed E-state index contributed by atoms with van der Waals surface area (Å²) in [6.07, 6.45) is 3.00. The number of benzene rings is 6. The number of hydrogen-bond acceptors (Lipinski definition) is 3. The number of carboxylic acids is 1. The third kappa shape index (κ3) is 6.02. The molecule has 0 spiro atoms. The molecule has 0 fully saturated rings. The summed E-state index contributed by atoms with van der Waals surface area (Å²) >= 11 is 14.5. The highest BCUT2D eigenvalue weighted by atomic mass is 79.9. The van der Waals surface area contributed by atoms with E-state index in [4.69, 9.17) is 4.74 Å². The van der Waals surface area contributed by atoms with Gasteiger partial charge >= 0.3 is 11.9 Å². The number of carbonyl (C=O) groups excluding carboxylic acids is 1. The lowest BCUT2D eigenvalue weighted by molar-refractivity contribution is 0.0682. The van der Waals surface area contributed by atoms with Crippen molar-refractivity contribution in [3.63, 3.8) is 0 Å². The Morgan fingerprint density at radius 1 is 0.543 bits per heavy atom. The number of hydrogen-bond donors (Lipinski definition) is 1. The molecule has 46 heavy (non-hydrogen) atoms. The summed E-state index contributed by atoms with van der Waals surface area (Å²) in [5.41, 5.74) is 4.77. The predicted octanol–water partition coefficient (Wildman–Crippen LogP) is 11.0. The van der Waals surface area contributed by atoms with E-state index in [2.05, 4.69) is 94.1 Å². The molecule has 0 aliphatic carbocycles. The van der Waals surface area contributed by atoms with Gasteiger partial charge in [0.2, 0.25) is 0 Å². The highest BCUT2D eigenvalue weighted by molar-refractivity contribution is 9.09. The van der Waals surface area contributed by atoms with E-state index in [1.54, 1.807) is 12.1 Å². The summed E-state index contributed by atoms with van der Waals surface area (Å²) in [4.78, 5) is 26.7. The fraction of sp³-hybridized carbons (Fsp3) is 0.211. The van der Waals surface area contributed by atoms with Gasteiger partial charge in [-0.25, -0.2) is 9.59 Å². The smallest absolute Gasteiger partial charge is 0.343 e. The first kappa shape index (κ1) is 33.1. The number of ether oxygens (including phenoxy) is 1. The maximum atomic E-state index is 14.1. The summed E-state index contributed by atoms with van der Waals surface area (Å²) in [5.74, 6) is -1.64. The van der Waals surface area contributed by atoms with Crippen LogP contribution in [0.3, 0.4) is 0 Å². The highest BCUT2D eigenvalue weighted by Crippen LogP contribution is 2.42. The lowest BCUT2D eigenvalue weighted by Gasteiger charge is -2.20. The number of alkyl halides is 4. The van der Waals surface area contributed by atoms with Gasteiger partial charge in [-0.1, -0.05) is 124 Å². The Balaban J connectivity index is 1.59. The molecule has 0 heterocycles. The van der Waals surface area contributed by atoms with Crippen LogP contribution in [0.25, 0.3) is 43.1 Å². The minimum absolute atomic E-state index is 0.0388. The van der Waals surface area contributed by atoms with Gasteiger partial charge in [-0.3, -0.25) is 0 Å². The number of carboxylic acid groups (broad SMARTS) is 1. The maximum absolute atomic E-state index is 14.1. The first-order chi connectivity index (χ1) is 22.4. The summed E-state index contributed by atoms with van der Waals surface area (Å²) in [5, 5.41) is 21.5. The zero-order valence-electron chi connectivity index (χ0n) is 24.8.